The first-order chi connectivity index (χ1) is 15.7. The molecular weight excluding hydrogens is 453 g/mol. The fraction of sp³-hybridized carbons (Fsp3) is 0.130. The molecule has 0 amide bonds. The molecule has 0 atom stereocenters. The molecule has 0 spiro atoms. The molecule has 0 unspecified atom stereocenters. The summed E-state index contributed by atoms with van der Waals surface area (Å²) in [7, 11) is 1.80. The fourth-order valence-corrected chi connectivity index (χ4v) is 3.70. The smallest absolute Gasteiger partial charge is 0.329 e. The lowest BCUT2D eigenvalue weighted by atomic mass is 10.1. The van der Waals surface area contributed by atoms with Gasteiger partial charge in [-0.25, -0.2) is 0 Å². The lowest BCUT2D eigenvalue weighted by Gasteiger charge is -2.22. The van der Waals surface area contributed by atoms with Crippen molar-refractivity contribution in [2.75, 3.05) is 11.9 Å². The van der Waals surface area contributed by atoms with Crippen LogP contribution < -0.4 is 10.5 Å². The predicted molar refractivity (Wildman–Crippen MR) is 122 cm³/mol. The molecule has 0 saturated carbocycles. The largest absolute Gasteiger partial charge is 0.394 e. The number of fused-ring (bicyclic) bond motifs is 1. The summed E-state index contributed by atoms with van der Waals surface area (Å²) < 4.78 is 39.1. The summed E-state index contributed by atoms with van der Waals surface area (Å²) in [6, 6.07) is 15.5. The van der Waals surface area contributed by atoms with Gasteiger partial charge in [0, 0.05) is 40.6 Å². The number of pyridine rings is 1. The summed E-state index contributed by atoms with van der Waals surface area (Å²) in [4.78, 5) is 10.1. The molecule has 2 aromatic heterocycles. The molecule has 0 fully saturated rings. The molecule has 0 bridgehead atoms. The number of benzene rings is 2. The molecule has 0 radical (unpaired) electrons. The van der Waals surface area contributed by atoms with Gasteiger partial charge in [-0.2, -0.15) is 18.2 Å². The van der Waals surface area contributed by atoms with Gasteiger partial charge in [0.05, 0.1) is 18.3 Å². The van der Waals surface area contributed by atoms with Crippen LogP contribution in [0.15, 0.2) is 60.8 Å². The Hall–Kier alpha value is -3.72. The third kappa shape index (κ3) is 4.73. The van der Waals surface area contributed by atoms with Crippen molar-refractivity contribution in [2.24, 2.45) is 0 Å². The van der Waals surface area contributed by atoms with E-state index in [-0.39, 0.29) is 11.3 Å². The highest BCUT2D eigenvalue weighted by Gasteiger charge is 2.28. The maximum atomic E-state index is 12.6. The van der Waals surface area contributed by atoms with Gasteiger partial charge in [-0.1, -0.05) is 29.8 Å². The fourth-order valence-electron chi connectivity index (χ4n) is 3.53. The Balaban J connectivity index is 1.73. The quantitative estimate of drug-likeness (QED) is 0.296. The van der Waals surface area contributed by atoms with Crippen LogP contribution in [0.4, 0.5) is 24.7 Å². The van der Waals surface area contributed by atoms with Gasteiger partial charge in [0.2, 0.25) is 5.62 Å². The van der Waals surface area contributed by atoms with Gasteiger partial charge < -0.3 is 4.90 Å². The topological polar surface area (TPSA) is 81.7 Å². The van der Waals surface area contributed by atoms with Crippen LogP contribution in [0.1, 0.15) is 5.69 Å². The zero-order chi connectivity index (χ0) is 23.8. The third-order valence-corrected chi connectivity index (χ3v) is 5.36. The minimum atomic E-state index is -4.31. The van der Waals surface area contributed by atoms with Crippen LogP contribution in [0.3, 0.4) is 0 Å². The number of nitrogens with zero attached hydrogens (tertiary/aromatic N) is 4. The molecule has 6 nitrogen and oxygen atoms in total. The van der Waals surface area contributed by atoms with Gasteiger partial charge >= 0.3 is 6.18 Å². The lowest BCUT2D eigenvalue weighted by molar-refractivity contribution is -0.127. The van der Waals surface area contributed by atoms with Gasteiger partial charge in [-0.3, -0.25) is 20.4 Å². The van der Waals surface area contributed by atoms with E-state index in [0.717, 1.165) is 17.6 Å². The maximum Gasteiger partial charge on any atom is 0.394 e. The third-order valence-electron chi connectivity index (χ3n) is 5.12. The molecule has 0 aliphatic rings. The summed E-state index contributed by atoms with van der Waals surface area (Å²) >= 11 is 6.13. The molecule has 0 aliphatic heterocycles. The van der Waals surface area contributed by atoms with Gasteiger partial charge in [0.1, 0.15) is 5.82 Å². The van der Waals surface area contributed by atoms with Gasteiger partial charge in [0.15, 0.2) is 0 Å². The first-order valence-corrected chi connectivity index (χ1v) is 10.2. The number of anilines is 2. The highest BCUT2D eigenvalue weighted by atomic mass is 35.5. The number of halogens is 4. The standard InChI is InChI=1S/C23H18ClF3N6/c1-32(21-19-8-6-16(24)10-20(19)33(13-28)22(29)31-21)18-4-2-3-14(9-18)15-5-7-17(30-12-15)11-23(25,26)27/h2-10,12-13,28-29H,11H2,1H3. The summed E-state index contributed by atoms with van der Waals surface area (Å²) in [5.41, 5.74) is 2.61. The molecule has 33 heavy (non-hydrogen) atoms. The summed E-state index contributed by atoms with van der Waals surface area (Å²) in [6.07, 6.45) is -2.95. The van der Waals surface area contributed by atoms with Crippen LogP contribution >= 0.6 is 11.6 Å². The Bertz CT molecular complexity index is 1400. The van der Waals surface area contributed by atoms with E-state index in [0.29, 0.717) is 27.3 Å². The minimum absolute atomic E-state index is 0.0411. The lowest BCUT2D eigenvalue weighted by Crippen LogP contribution is -2.26. The van der Waals surface area contributed by atoms with E-state index < -0.39 is 12.6 Å². The Morgan fingerprint density at radius 1 is 1.09 bits per heavy atom. The van der Waals surface area contributed by atoms with Crippen molar-refractivity contribution in [2.45, 2.75) is 12.6 Å². The zero-order valence-corrected chi connectivity index (χ0v) is 18.1. The summed E-state index contributed by atoms with van der Waals surface area (Å²) in [6.45, 7) is 0. The summed E-state index contributed by atoms with van der Waals surface area (Å²) in [5.74, 6) is 0.501. The van der Waals surface area contributed by atoms with Crippen LogP contribution in [0.5, 0.6) is 0 Å². The van der Waals surface area contributed by atoms with Gasteiger partial charge in [-0.05, 0) is 42.0 Å². The van der Waals surface area contributed by atoms with Crippen molar-refractivity contribution < 1.29 is 13.2 Å². The number of nitrogens with one attached hydrogen (secondary N) is 2. The second-order valence-electron chi connectivity index (χ2n) is 7.36. The van der Waals surface area contributed by atoms with Crippen LogP contribution in [-0.4, -0.2) is 34.1 Å². The van der Waals surface area contributed by atoms with E-state index in [4.69, 9.17) is 22.4 Å². The van der Waals surface area contributed by atoms with Crippen molar-refractivity contribution in [3.8, 4) is 11.1 Å². The van der Waals surface area contributed by atoms with Crippen molar-refractivity contribution >= 4 is 40.3 Å². The number of aromatic nitrogens is 3. The van der Waals surface area contributed by atoms with Crippen LogP contribution in [0.25, 0.3) is 22.0 Å². The van der Waals surface area contributed by atoms with Gasteiger partial charge in [-0.15, -0.1) is 0 Å². The molecule has 2 heterocycles. The monoisotopic (exact) mass is 470 g/mol. The number of alkyl halides is 3. The first kappa shape index (κ1) is 22.5. The van der Waals surface area contributed by atoms with Crippen molar-refractivity contribution in [3.05, 3.63) is 77.1 Å². The Labute approximate surface area is 191 Å². The van der Waals surface area contributed by atoms with Crippen LogP contribution in [-0.2, 0) is 6.42 Å². The highest BCUT2D eigenvalue weighted by Crippen LogP contribution is 2.32. The molecule has 4 rings (SSSR count). The Kier molecular flexibility index (Phi) is 5.90. The van der Waals surface area contributed by atoms with Crippen LogP contribution in [0, 0.1) is 10.8 Å². The van der Waals surface area contributed by atoms with Crippen LogP contribution in [0.2, 0.25) is 5.02 Å². The number of hydrogen-bond donors (Lipinski definition) is 2. The predicted octanol–water partition coefficient (Wildman–Crippen LogP) is 5.56. The molecular formula is C23H18ClF3N6. The highest BCUT2D eigenvalue weighted by molar-refractivity contribution is 6.31. The van der Waals surface area contributed by atoms with E-state index in [9.17, 15) is 13.2 Å². The zero-order valence-electron chi connectivity index (χ0n) is 17.4. The minimum Gasteiger partial charge on any atom is -0.329 e. The normalized spacial score (nSPS) is 11.5. The van der Waals surface area contributed by atoms with E-state index >= 15 is 0 Å². The second-order valence-corrected chi connectivity index (χ2v) is 7.80. The second kappa shape index (κ2) is 8.67. The van der Waals surface area contributed by atoms with Crippen molar-refractivity contribution in [3.63, 3.8) is 0 Å². The average Bonchev–Trinajstić information content (AvgIpc) is 2.77. The van der Waals surface area contributed by atoms with E-state index in [2.05, 4.69) is 9.97 Å². The molecule has 2 N–H and O–H groups in total. The average molecular weight is 471 g/mol. The molecule has 2 aromatic carbocycles. The maximum absolute atomic E-state index is 12.6. The first-order valence-electron chi connectivity index (χ1n) is 9.79. The molecule has 0 aliphatic carbocycles. The van der Waals surface area contributed by atoms with E-state index in [1.807, 2.05) is 24.3 Å². The van der Waals surface area contributed by atoms with E-state index in [1.165, 1.54) is 16.8 Å². The molecule has 168 valence electrons. The Morgan fingerprint density at radius 2 is 1.88 bits per heavy atom. The SMILES string of the molecule is CN(c1cccc(-c2ccc(CC(F)(F)F)nc2)c1)c1nc(=N)n(C=N)c2cc(Cl)ccc12. The number of hydrogen-bond acceptors (Lipinski definition) is 5. The number of rotatable bonds is 5. The summed E-state index contributed by atoms with van der Waals surface area (Å²) in [5, 5.41) is 17.0. The molecule has 0 saturated heterocycles. The van der Waals surface area contributed by atoms with Crippen molar-refractivity contribution in [1.29, 1.82) is 10.8 Å². The van der Waals surface area contributed by atoms with Gasteiger partial charge in [0.25, 0.3) is 0 Å². The Morgan fingerprint density at radius 3 is 2.55 bits per heavy atom. The molecule has 10 heteroatoms. The molecule has 4 aromatic rings. The van der Waals surface area contributed by atoms with Crippen molar-refractivity contribution in [1.82, 2.24) is 14.5 Å². The van der Waals surface area contributed by atoms with E-state index in [1.54, 1.807) is 36.2 Å².